The number of aryl methyl sites for hydroxylation is 1. The SMILES string of the molecule is Cc1ccnc(Cl)c1-c1ccnc(NC2CC2)c1C(N)=O. The molecule has 2 aromatic heterocycles. The molecule has 1 aliphatic rings. The molecule has 21 heavy (non-hydrogen) atoms. The van der Waals surface area contributed by atoms with Crippen molar-refractivity contribution in [2.45, 2.75) is 25.8 Å². The number of nitrogens with one attached hydrogen (secondary N) is 1. The van der Waals surface area contributed by atoms with E-state index in [1.165, 1.54) is 0 Å². The van der Waals surface area contributed by atoms with Crippen molar-refractivity contribution in [3.05, 3.63) is 40.8 Å². The monoisotopic (exact) mass is 302 g/mol. The molecule has 0 aliphatic heterocycles. The Morgan fingerprint density at radius 1 is 1.33 bits per heavy atom. The van der Waals surface area contributed by atoms with Gasteiger partial charge in [-0.3, -0.25) is 4.79 Å². The Labute approximate surface area is 127 Å². The molecule has 0 spiro atoms. The van der Waals surface area contributed by atoms with Gasteiger partial charge in [-0.05, 0) is 37.5 Å². The van der Waals surface area contributed by atoms with Crippen LogP contribution >= 0.6 is 11.6 Å². The summed E-state index contributed by atoms with van der Waals surface area (Å²) in [5, 5.41) is 3.59. The average Bonchev–Trinajstić information content (AvgIpc) is 3.22. The zero-order chi connectivity index (χ0) is 15.0. The summed E-state index contributed by atoms with van der Waals surface area (Å²) >= 11 is 6.21. The van der Waals surface area contributed by atoms with Gasteiger partial charge in [-0.2, -0.15) is 0 Å². The summed E-state index contributed by atoms with van der Waals surface area (Å²) < 4.78 is 0. The number of amides is 1. The minimum absolute atomic E-state index is 0.348. The molecular formula is C15H15ClN4O. The van der Waals surface area contributed by atoms with E-state index in [1.807, 2.05) is 13.0 Å². The second kappa shape index (κ2) is 5.33. The van der Waals surface area contributed by atoms with Gasteiger partial charge >= 0.3 is 0 Å². The van der Waals surface area contributed by atoms with Gasteiger partial charge in [0.1, 0.15) is 11.0 Å². The maximum Gasteiger partial charge on any atom is 0.253 e. The molecule has 0 bridgehead atoms. The van der Waals surface area contributed by atoms with E-state index in [0.717, 1.165) is 18.4 Å². The first-order chi connectivity index (χ1) is 10.1. The number of nitrogens with two attached hydrogens (primary N) is 1. The minimum atomic E-state index is -0.527. The third-order valence-electron chi connectivity index (χ3n) is 3.50. The average molecular weight is 303 g/mol. The van der Waals surface area contributed by atoms with E-state index in [0.29, 0.717) is 33.7 Å². The molecule has 0 radical (unpaired) electrons. The van der Waals surface area contributed by atoms with Crippen LogP contribution in [0.25, 0.3) is 11.1 Å². The smallest absolute Gasteiger partial charge is 0.253 e. The molecule has 2 heterocycles. The van der Waals surface area contributed by atoms with Crippen LogP contribution in [0, 0.1) is 6.92 Å². The second-order valence-corrected chi connectivity index (χ2v) is 5.52. The summed E-state index contributed by atoms with van der Waals surface area (Å²) in [5.41, 5.74) is 8.24. The van der Waals surface area contributed by atoms with Crippen molar-refractivity contribution in [1.29, 1.82) is 0 Å². The fraction of sp³-hybridized carbons (Fsp3) is 0.267. The van der Waals surface area contributed by atoms with Gasteiger partial charge in [-0.1, -0.05) is 11.6 Å². The fourth-order valence-electron chi connectivity index (χ4n) is 2.30. The van der Waals surface area contributed by atoms with E-state index in [9.17, 15) is 4.79 Å². The number of halogens is 1. The highest BCUT2D eigenvalue weighted by Crippen LogP contribution is 2.35. The van der Waals surface area contributed by atoms with Crippen molar-refractivity contribution in [2.24, 2.45) is 5.73 Å². The predicted molar refractivity (Wildman–Crippen MR) is 82.4 cm³/mol. The molecular weight excluding hydrogens is 288 g/mol. The summed E-state index contributed by atoms with van der Waals surface area (Å²) in [6.45, 7) is 1.92. The molecule has 1 saturated carbocycles. The Kier molecular flexibility index (Phi) is 3.51. The van der Waals surface area contributed by atoms with E-state index in [4.69, 9.17) is 17.3 Å². The number of anilines is 1. The minimum Gasteiger partial charge on any atom is -0.367 e. The van der Waals surface area contributed by atoms with Crippen LogP contribution in [0.1, 0.15) is 28.8 Å². The van der Waals surface area contributed by atoms with Crippen LogP contribution in [-0.4, -0.2) is 21.9 Å². The third-order valence-corrected chi connectivity index (χ3v) is 3.78. The van der Waals surface area contributed by atoms with Crippen molar-refractivity contribution < 1.29 is 4.79 Å². The standard InChI is InChI=1S/C15H15ClN4O/c1-8-4-6-18-13(16)11(8)10-5-7-19-15(12(10)14(17)21)20-9-2-3-9/h4-7,9H,2-3H2,1H3,(H2,17,21)(H,19,20). The van der Waals surface area contributed by atoms with E-state index < -0.39 is 5.91 Å². The largest absolute Gasteiger partial charge is 0.367 e. The van der Waals surface area contributed by atoms with Crippen LogP contribution < -0.4 is 11.1 Å². The molecule has 6 heteroatoms. The molecule has 0 unspecified atom stereocenters. The number of nitrogens with zero attached hydrogens (tertiary/aromatic N) is 2. The number of primary amides is 1. The zero-order valence-electron chi connectivity index (χ0n) is 11.6. The lowest BCUT2D eigenvalue weighted by Gasteiger charge is -2.15. The van der Waals surface area contributed by atoms with Gasteiger partial charge < -0.3 is 11.1 Å². The molecule has 1 amide bonds. The van der Waals surface area contributed by atoms with Gasteiger partial charge in [0, 0.05) is 29.6 Å². The van der Waals surface area contributed by atoms with Gasteiger partial charge in [-0.15, -0.1) is 0 Å². The molecule has 1 aliphatic carbocycles. The number of hydrogen-bond acceptors (Lipinski definition) is 4. The van der Waals surface area contributed by atoms with Crippen LogP contribution in [0.2, 0.25) is 5.15 Å². The molecule has 108 valence electrons. The summed E-state index contributed by atoms with van der Waals surface area (Å²) in [6.07, 6.45) is 5.44. The Balaban J connectivity index is 2.19. The van der Waals surface area contributed by atoms with Gasteiger partial charge in [-0.25, -0.2) is 9.97 Å². The van der Waals surface area contributed by atoms with E-state index >= 15 is 0 Å². The van der Waals surface area contributed by atoms with Gasteiger partial charge in [0.05, 0.1) is 5.56 Å². The Bertz CT molecular complexity index is 693. The highest BCUT2D eigenvalue weighted by Gasteiger charge is 2.26. The number of pyridine rings is 2. The third kappa shape index (κ3) is 2.69. The van der Waals surface area contributed by atoms with E-state index in [-0.39, 0.29) is 0 Å². The predicted octanol–water partition coefficient (Wildman–Crippen LogP) is 2.78. The highest BCUT2D eigenvalue weighted by molar-refractivity contribution is 6.32. The molecule has 2 aromatic rings. The maximum atomic E-state index is 11.9. The highest BCUT2D eigenvalue weighted by atomic mass is 35.5. The van der Waals surface area contributed by atoms with Crippen LogP contribution in [0.5, 0.6) is 0 Å². The number of aromatic nitrogens is 2. The van der Waals surface area contributed by atoms with Crippen LogP contribution in [0.4, 0.5) is 5.82 Å². The van der Waals surface area contributed by atoms with Crippen LogP contribution in [-0.2, 0) is 0 Å². The Hall–Kier alpha value is -2.14. The molecule has 0 saturated heterocycles. The summed E-state index contributed by atoms with van der Waals surface area (Å²) in [7, 11) is 0. The molecule has 1 fully saturated rings. The zero-order valence-corrected chi connectivity index (χ0v) is 12.3. The van der Waals surface area contributed by atoms with Crippen molar-refractivity contribution in [1.82, 2.24) is 9.97 Å². The molecule has 3 N–H and O–H groups in total. The summed E-state index contributed by atoms with van der Waals surface area (Å²) in [4.78, 5) is 20.3. The van der Waals surface area contributed by atoms with Crippen molar-refractivity contribution in [3.8, 4) is 11.1 Å². The fourth-order valence-corrected chi connectivity index (χ4v) is 2.61. The first-order valence-corrected chi connectivity index (χ1v) is 7.12. The van der Waals surface area contributed by atoms with Crippen molar-refractivity contribution >= 4 is 23.3 Å². The second-order valence-electron chi connectivity index (χ2n) is 5.16. The Morgan fingerprint density at radius 3 is 2.67 bits per heavy atom. The maximum absolute atomic E-state index is 11.9. The number of hydrogen-bond donors (Lipinski definition) is 2. The molecule has 5 nitrogen and oxygen atoms in total. The lowest BCUT2D eigenvalue weighted by atomic mass is 9.98. The first kappa shape index (κ1) is 13.8. The number of carbonyl (C=O) groups is 1. The summed E-state index contributed by atoms with van der Waals surface area (Å²) in [6, 6.07) is 3.96. The summed E-state index contributed by atoms with van der Waals surface area (Å²) in [5.74, 6) is -0.0117. The van der Waals surface area contributed by atoms with Crippen LogP contribution in [0.3, 0.4) is 0 Å². The molecule has 3 rings (SSSR count). The topological polar surface area (TPSA) is 80.9 Å². The number of rotatable bonds is 4. The van der Waals surface area contributed by atoms with Gasteiger partial charge in [0.2, 0.25) is 0 Å². The molecule has 0 atom stereocenters. The Morgan fingerprint density at radius 2 is 2.05 bits per heavy atom. The van der Waals surface area contributed by atoms with Crippen molar-refractivity contribution in [2.75, 3.05) is 5.32 Å². The van der Waals surface area contributed by atoms with E-state index in [2.05, 4.69) is 15.3 Å². The lowest BCUT2D eigenvalue weighted by molar-refractivity contribution is 0.100. The van der Waals surface area contributed by atoms with Gasteiger partial charge in [0.25, 0.3) is 5.91 Å². The number of carbonyl (C=O) groups excluding carboxylic acids is 1. The van der Waals surface area contributed by atoms with Crippen molar-refractivity contribution in [3.63, 3.8) is 0 Å². The first-order valence-electron chi connectivity index (χ1n) is 6.74. The molecule has 0 aromatic carbocycles. The van der Waals surface area contributed by atoms with Gasteiger partial charge in [0.15, 0.2) is 0 Å². The van der Waals surface area contributed by atoms with E-state index in [1.54, 1.807) is 18.5 Å². The quantitative estimate of drug-likeness (QED) is 0.851. The lowest BCUT2D eigenvalue weighted by Crippen LogP contribution is -2.18. The normalized spacial score (nSPS) is 14.0. The van der Waals surface area contributed by atoms with Crippen LogP contribution in [0.15, 0.2) is 24.5 Å².